The minimum atomic E-state index is -2.60. The molecule has 0 saturated carbocycles. The summed E-state index contributed by atoms with van der Waals surface area (Å²) < 4.78 is 30.3. The van der Waals surface area contributed by atoms with Gasteiger partial charge in [-0.25, -0.2) is 9.97 Å². The molecule has 0 bridgehead atoms. The molecule has 2 rings (SSSR count). The maximum absolute atomic E-state index is 12.5. The molecule has 0 aliphatic heterocycles. The fraction of sp³-hybridized carbons (Fsp3) is 0.389. The summed E-state index contributed by atoms with van der Waals surface area (Å²) in [6.07, 6.45) is -0.292. The quantitative estimate of drug-likeness (QED) is 0.207. The highest BCUT2D eigenvalue weighted by Gasteiger charge is 2.17. The van der Waals surface area contributed by atoms with E-state index in [0.717, 1.165) is 0 Å². The van der Waals surface area contributed by atoms with Gasteiger partial charge < -0.3 is 4.74 Å². The number of thioether (sulfide) groups is 1. The Hall–Kier alpha value is -2.62. The zero-order valence-corrected chi connectivity index (χ0v) is 16.3. The number of hydrogen-bond donors (Lipinski definition) is 0. The Morgan fingerprint density at radius 3 is 2.50 bits per heavy atom. The van der Waals surface area contributed by atoms with Crippen molar-refractivity contribution in [3.8, 4) is 0 Å². The summed E-state index contributed by atoms with van der Waals surface area (Å²) in [6.45, 7) is 4.99. The van der Waals surface area contributed by atoms with Crippen LogP contribution in [0.4, 0.5) is 14.5 Å². The largest absolute Gasteiger partial charge is 0.458 e. The lowest BCUT2D eigenvalue weighted by atomic mass is 10.1. The number of nitro groups is 1. The molecule has 7 nitrogen and oxygen atoms in total. The summed E-state index contributed by atoms with van der Waals surface area (Å²) in [5, 5.41) is 10.8. The highest BCUT2D eigenvalue weighted by atomic mass is 32.2. The van der Waals surface area contributed by atoms with Crippen LogP contribution in [0.3, 0.4) is 0 Å². The van der Waals surface area contributed by atoms with Crippen LogP contribution in [0.1, 0.15) is 42.0 Å². The van der Waals surface area contributed by atoms with Gasteiger partial charge in [0.05, 0.1) is 4.92 Å². The summed E-state index contributed by atoms with van der Waals surface area (Å²) in [5.41, 5.74) is 2.22. The van der Waals surface area contributed by atoms with E-state index in [9.17, 15) is 23.7 Å². The predicted molar refractivity (Wildman–Crippen MR) is 99.3 cm³/mol. The number of benzene rings is 1. The van der Waals surface area contributed by atoms with Gasteiger partial charge in [0.1, 0.15) is 6.10 Å². The molecular formula is C18H19F2N3O4S. The zero-order valence-electron chi connectivity index (χ0n) is 15.5. The molecule has 0 N–H and O–H groups in total. The molecule has 1 heterocycles. The molecule has 0 radical (unpaired) electrons. The normalized spacial score (nSPS) is 12.1. The van der Waals surface area contributed by atoms with Gasteiger partial charge in [-0.1, -0.05) is 12.1 Å². The van der Waals surface area contributed by atoms with E-state index in [1.807, 2.05) is 0 Å². The van der Waals surface area contributed by atoms with Gasteiger partial charge in [0.25, 0.3) is 11.4 Å². The van der Waals surface area contributed by atoms with Crippen LogP contribution in [-0.2, 0) is 16.0 Å². The number of aryl methyl sites for hydroxylation is 2. The van der Waals surface area contributed by atoms with Gasteiger partial charge in [-0.3, -0.25) is 14.9 Å². The third-order valence-electron chi connectivity index (χ3n) is 4.03. The van der Waals surface area contributed by atoms with Crippen molar-refractivity contribution in [3.63, 3.8) is 0 Å². The van der Waals surface area contributed by atoms with E-state index >= 15 is 0 Å². The van der Waals surface area contributed by atoms with E-state index < -0.39 is 22.8 Å². The van der Waals surface area contributed by atoms with Gasteiger partial charge in [0.2, 0.25) is 0 Å². The number of rotatable bonds is 8. The molecular weight excluding hydrogens is 392 g/mol. The standard InChI is InChI=1S/C18H19F2N3O4S/c1-10-15(11(2)22-18(21-10)28-17(19)20)7-8-16(24)27-12(3)13-5-4-6-14(9-13)23(25)26/h4-6,9,12,17H,7-8H2,1-3H3/t12-/m1/s1. The first kappa shape index (κ1) is 21.7. The Labute approximate surface area is 164 Å². The van der Waals surface area contributed by atoms with E-state index in [4.69, 9.17) is 4.74 Å². The smallest absolute Gasteiger partial charge is 0.306 e. The number of hydrogen-bond acceptors (Lipinski definition) is 7. The minimum absolute atomic E-state index is 0.00405. The highest BCUT2D eigenvalue weighted by Crippen LogP contribution is 2.25. The Balaban J connectivity index is 1.99. The lowest BCUT2D eigenvalue weighted by molar-refractivity contribution is -0.385. The van der Waals surface area contributed by atoms with Crippen LogP contribution >= 0.6 is 11.8 Å². The van der Waals surface area contributed by atoms with E-state index in [1.165, 1.54) is 18.2 Å². The van der Waals surface area contributed by atoms with E-state index in [0.29, 0.717) is 28.9 Å². The van der Waals surface area contributed by atoms with Crippen molar-refractivity contribution in [2.75, 3.05) is 0 Å². The first-order chi connectivity index (χ1) is 13.2. The Morgan fingerprint density at radius 1 is 1.29 bits per heavy atom. The fourth-order valence-corrected chi connectivity index (χ4v) is 3.18. The summed E-state index contributed by atoms with van der Waals surface area (Å²) in [5.74, 6) is -3.08. The number of aromatic nitrogens is 2. The van der Waals surface area contributed by atoms with Crippen LogP contribution in [0.15, 0.2) is 29.4 Å². The molecule has 1 atom stereocenters. The molecule has 1 aromatic heterocycles. The van der Waals surface area contributed by atoms with Gasteiger partial charge >= 0.3 is 5.97 Å². The number of carbonyl (C=O) groups is 1. The Kier molecular flexibility index (Phi) is 7.38. The second-order valence-corrected chi connectivity index (χ2v) is 6.98. The van der Waals surface area contributed by atoms with Crippen LogP contribution < -0.4 is 0 Å². The molecule has 1 aromatic carbocycles. The van der Waals surface area contributed by atoms with Crippen LogP contribution in [0, 0.1) is 24.0 Å². The topological polar surface area (TPSA) is 95.2 Å². The molecule has 10 heteroatoms. The monoisotopic (exact) mass is 411 g/mol. The number of carbonyl (C=O) groups excluding carboxylic acids is 1. The molecule has 0 amide bonds. The summed E-state index contributed by atoms with van der Waals surface area (Å²) >= 11 is 0.274. The van der Waals surface area contributed by atoms with Crippen molar-refractivity contribution in [1.29, 1.82) is 0 Å². The van der Waals surface area contributed by atoms with Crippen LogP contribution in [0.5, 0.6) is 0 Å². The van der Waals surface area contributed by atoms with Gasteiger partial charge in [0, 0.05) is 29.9 Å². The summed E-state index contributed by atoms with van der Waals surface area (Å²) in [4.78, 5) is 30.6. The second kappa shape index (κ2) is 9.54. The second-order valence-electron chi connectivity index (χ2n) is 6.02. The Bertz CT molecular complexity index is 857. The van der Waals surface area contributed by atoms with Crippen molar-refractivity contribution in [2.45, 2.75) is 50.6 Å². The fourth-order valence-electron chi connectivity index (χ4n) is 2.65. The number of nitrogens with zero attached hydrogens (tertiary/aromatic N) is 3. The first-order valence-electron chi connectivity index (χ1n) is 8.40. The lowest BCUT2D eigenvalue weighted by Crippen LogP contribution is -2.11. The van der Waals surface area contributed by atoms with E-state index in [-0.39, 0.29) is 29.0 Å². The van der Waals surface area contributed by atoms with Crippen molar-refractivity contribution in [2.24, 2.45) is 0 Å². The maximum atomic E-state index is 12.5. The molecule has 2 aromatic rings. The number of halogens is 2. The molecule has 0 spiro atoms. The third-order valence-corrected chi connectivity index (χ3v) is 4.60. The molecule has 150 valence electrons. The predicted octanol–water partition coefficient (Wildman–Crippen LogP) is 4.55. The number of ether oxygens (including phenoxy) is 1. The first-order valence-corrected chi connectivity index (χ1v) is 9.28. The zero-order chi connectivity index (χ0) is 20.8. The number of esters is 1. The van der Waals surface area contributed by atoms with Gasteiger partial charge in [-0.15, -0.1) is 0 Å². The van der Waals surface area contributed by atoms with Crippen molar-refractivity contribution < 1.29 is 23.2 Å². The average molecular weight is 411 g/mol. The lowest BCUT2D eigenvalue weighted by Gasteiger charge is -2.14. The van der Waals surface area contributed by atoms with Crippen molar-refractivity contribution in [3.05, 3.63) is 56.9 Å². The van der Waals surface area contributed by atoms with Crippen molar-refractivity contribution in [1.82, 2.24) is 9.97 Å². The minimum Gasteiger partial charge on any atom is -0.458 e. The maximum Gasteiger partial charge on any atom is 0.306 e. The molecule has 0 aliphatic carbocycles. The van der Waals surface area contributed by atoms with Gasteiger partial charge in [-0.2, -0.15) is 8.78 Å². The third kappa shape index (κ3) is 5.95. The van der Waals surface area contributed by atoms with E-state index in [2.05, 4.69) is 9.97 Å². The molecule has 0 saturated heterocycles. The molecule has 0 aliphatic rings. The van der Waals surface area contributed by atoms with Crippen molar-refractivity contribution >= 4 is 23.4 Å². The van der Waals surface area contributed by atoms with Crippen LogP contribution in [0.25, 0.3) is 0 Å². The Morgan fingerprint density at radius 2 is 1.93 bits per heavy atom. The van der Waals surface area contributed by atoms with Gasteiger partial charge in [-0.05, 0) is 50.1 Å². The number of nitro benzene ring substituents is 1. The number of alkyl halides is 2. The van der Waals surface area contributed by atoms with Crippen LogP contribution in [0.2, 0.25) is 0 Å². The molecule has 28 heavy (non-hydrogen) atoms. The molecule has 0 unspecified atom stereocenters. The average Bonchev–Trinajstić information content (AvgIpc) is 2.60. The summed E-state index contributed by atoms with van der Waals surface area (Å²) in [7, 11) is 0. The van der Waals surface area contributed by atoms with Gasteiger partial charge in [0.15, 0.2) is 5.16 Å². The summed E-state index contributed by atoms with van der Waals surface area (Å²) in [6, 6.07) is 5.90. The number of non-ortho nitro benzene ring substituents is 1. The molecule has 0 fully saturated rings. The SMILES string of the molecule is Cc1nc(SC(F)F)nc(C)c1CCC(=O)O[C@H](C)c1cccc([N+](=O)[O-])c1. The highest BCUT2D eigenvalue weighted by molar-refractivity contribution is 7.99. The van der Waals surface area contributed by atoms with Crippen LogP contribution in [-0.4, -0.2) is 26.6 Å². The van der Waals surface area contributed by atoms with E-state index in [1.54, 1.807) is 26.8 Å².